The molecule has 4 fully saturated rings. The zero-order valence-corrected chi connectivity index (χ0v) is 16.4. The first-order valence-corrected chi connectivity index (χ1v) is 10.1. The van der Waals surface area contributed by atoms with Gasteiger partial charge in [-0.25, -0.2) is 0 Å². The molecule has 4 bridgehead atoms. The van der Waals surface area contributed by atoms with Gasteiger partial charge < -0.3 is 14.8 Å². The van der Waals surface area contributed by atoms with Crippen molar-refractivity contribution in [1.82, 2.24) is 0 Å². The predicted octanol–water partition coefficient (Wildman–Crippen LogP) is 4.44. The van der Waals surface area contributed by atoms with E-state index in [1.165, 1.54) is 26.4 Å². The lowest BCUT2D eigenvalue weighted by Crippen LogP contribution is -2.47. The second-order valence-electron chi connectivity index (χ2n) is 8.65. The molecule has 4 aliphatic rings. The van der Waals surface area contributed by atoms with Crippen LogP contribution in [0.5, 0.6) is 5.75 Å². The molecule has 1 aromatic rings. The Labute approximate surface area is 164 Å². The van der Waals surface area contributed by atoms with Gasteiger partial charge in [-0.1, -0.05) is 11.6 Å². The van der Waals surface area contributed by atoms with Crippen LogP contribution < -0.4 is 10.1 Å². The summed E-state index contributed by atoms with van der Waals surface area (Å²) in [4.78, 5) is 24.5. The summed E-state index contributed by atoms with van der Waals surface area (Å²) in [5.41, 5.74) is 0.675. The van der Waals surface area contributed by atoms with Gasteiger partial charge in [0.1, 0.15) is 5.75 Å². The highest BCUT2D eigenvalue weighted by Crippen LogP contribution is 2.61. The molecular formula is C21H26ClNO4. The number of ether oxygens (including phenoxy) is 2. The zero-order valence-electron chi connectivity index (χ0n) is 15.6. The number of amides is 1. The highest BCUT2D eigenvalue weighted by molar-refractivity contribution is 6.32. The molecule has 1 aromatic carbocycles. The highest BCUT2D eigenvalue weighted by Gasteiger charge is 2.51. The normalized spacial score (nSPS) is 30.8. The molecule has 146 valence electrons. The van der Waals surface area contributed by atoms with Crippen LogP contribution in [0, 0.1) is 23.2 Å². The number of rotatable bonds is 6. The van der Waals surface area contributed by atoms with E-state index in [0.717, 1.165) is 37.0 Å². The minimum Gasteiger partial charge on any atom is -0.495 e. The molecule has 0 aromatic heterocycles. The Morgan fingerprint density at radius 1 is 1.15 bits per heavy atom. The van der Waals surface area contributed by atoms with Gasteiger partial charge in [-0.2, -0.15) is 0 Å². The smallest absolute Gasteiger partial charge is 0.306 e. The number of nitrogens with one attached hydrogen (secondary N) is 1. The van der Waals surface area contributed by atoms with Crippen molar-refractivity contribution >= 4 is 29.2 Å². The number of benzene rings is 1. The number of hydrogen-bond donors (Lipinski definition) is 1. The van der Waals surface area contributed by atoms with E-state index in [-0.39, 0.29) is 23.9 Å². The largest absolute Gasteiger partial charge is 0.495 e. The van der Waals surface area contributed by atoms with Crippen molar-refractivity contribution in [1.29, 1.82) is 0 Å². The molecule has 5 rings (SSSR count). The van der Waals surface area contributed by atoms with E-state index >= 15 is 0 Å². The van der Waals surface area contributed by atoms with E-state index in [4.69, 9.17) is 21.1 Å². The van der Waals surface area contributed by atoms with Crippen molar-refractivity contribution in [3.63, 3.8) is 0 Å². The fraction of sp³-hybridized carbons (Fsp3) is 0.619. The minimum absolute atomic E-state index is 0.131. The molecule has 1 N–H and O–H groups in total. The molecule has 0 atom stereocenters. The Bertz CT molecular complexity index is 712. The van der Waals surface area contributed by atoms with E-state index in [1.807, 2.05) is 0 Å². The summed E-state index contributed by atoms with van der Waals surface area (Å²) in [6.45, 7) is -0.269. The predicted molar refractivity (Wildman–Crippen MR) is 103 cm³/mol. The van der Waals surface area contributed by atoms with Crippen molar-refractivity contribution in [2.45, 2.75) is 44.9 Å². The summed E-state index contributed by atoms with van der Waals surface area (Å²) >= 11 is 6.05. The van der Waals surface area contributed by atoms with E-state index in [1.54, 1.807) is 18.2 Å². The average Bonchev–Trinajstić information content (AvgIpc) is 2.58. The van der Waals surface area contributed by atoms with Gasteiger partial charge in [0.15, 0.2) is 6.61 Å². The number of hydrogen-bond acceptors (Lipinski definition) is 4. The van der Waals surface area contributed by atoms with Crippen LogP contribution in [0.3, 0.4) is 0 Å². The first-order chi connectivity index (χ1) is 12.9. The SMILES string of the molecule is COc1ccc(NC(=O)COC(=O)CC23CC4CC(CC(C4)C2)C3)cc1Cl. The monoisotopic (exact) mass is 391 g/mol. The highest BCUT2D eigenvalue weighted by atomic mass is 35.5. The molecule has 0 aliphatic heterocycles. The van der Waals surface area contributed by atoms with Gasteiger partial charge in [-0.3, -0.25) is 9.59 Å². The van der Waals surface area contributed by atoms with Gasteiger partial charge in [0.05, 0.1) is 18.6 Å². The quantitative estimate of drug-likeness (QED) is 0.728. The lowest BCUT2D eigenvalue weighted by Gasteiger charge is -2.56. The summed E-state index contributed by atoms with van der Waals surface area (Å²) in [7, 11) is 1.53. The molecule has 4 aliphatic carbocycles. The van der Waals surface area contributed by atoms with E-state index in [2.05, 4.69) is 5.32 Å². The Balaban J connectivity index is 1.27. The van der Waals surface area contributed by atoms with Gasteiger partial charge in [0.25, 0.3) is 5.91 Å². The van der Waals surface area contributed by atoms with Gasteiger partial charge in [-0.05, 0) is 79.9 Å². The molecule has 4 saturated carbocycles. The first kappa shape index (κ1) is 18.6. The molecule has 0 spiro atoms. The maximum absolute atomic E-state index is 12.4. The number of methoxy groups -OCH3 is 1. The van der Waals surface area contributed by atoms with Crippen LogP contribution in [0.4, 0.5) is 5.69 Å². The minimum atomic E-state index is -0.366. The summed E-state index contributed by atoms with van der Waals surface area (Å²) in [5.74, 6) is 2.32. The van der Waals surface area contributed by atoms with E-state index < -0.39 is 0 Å². The van der Waals surface area contributed by atoms with E-state index in [9.17, 15) is 9.59 Å². The summed E-state index contributed by atoms with van der Waals surface area (Å²) in [6.07, 6.45) is 7.97. The van der Waals surface area contributed by atoms with Gasteiger partial charge in [0, 0.05) is 5.69 Å². The third-order valence-corrected chi connectivity index (χ3v) is 6.78. The number of esters is 1. The lowest BCUT2D eigenvalue weighted by atomic mass is 9.49. The molecule has 1 amide bonds. The van der Waals surface area contributed by atoms with Crippen molar-refractivity contribution in [3.8, 4) is 5.75 Å². The second kappa shape index (κ2) is 7.34. The number of carbonyl (C=O) groups excluding carboxylic acids is 2. The fourth-order valence-corrected chi connectivity index (χ4v) is 6.21. The van der Waals surface area contributed by atoms with Crippen LogP contribution in [-0.4, -0.2) is 25.6 Å². The third kappa shape index (κ3) is 4.08. The average molecular weight is 392 g/mol. The summed E-state index contributed by atoms with van der Waals surface area (Å²) in [5, 5.41) is 3.10. The molecule has 0 radical (unpaired) electrons. The van der Waals surface area contributed by atoms with Crippen molar-refractivity contribution < 1.29 is 19.1 Å². The number of anilines is 1. The standard InChI is InChI=1S/C21H26ClNO4/c1-26-18-3-2-16(7-17(18)22)23-19(24)12-27-20(25)11-21-8-13-4-14(9-21)6-15(5-13)10-21/h2-3,7,13-15H,4-6,8-12H2,1H3,(H,23,24). The van der Waals surface area contributed by atoms with Crippen molar-refractivity contribution in [2.75, 3.05) is 19.0 Å². The molecule has 5 nitrogen and oxygen atoms in total. The van der Waals surface area contributed by atoms with Crippen LogP contribution in [0.1, 0.15) is 44.9 Å². The maximum atomic E-state index is 12.4. The molecule has 0 unspecified atom stereocenters. The van der Waals surface area contributed by atoms with Crippen LogP contribution in [-0.2, 0) is 14.3 Å². The van der Waals surface area contributed by atoms with Crippen LogP contribution in [0.2, 0.25) is 5.02 Å². The zero-order chi connectivity index (χ0) is 19.0. The van der Waals surface area contributed by atoms with Crippen LogP contribution in [0.15, 0.2) is 18.2 Å². The Morgan fingerprint density at radius 3 is 2.33 bits per heavy atom. The number of carbonyl (C=O) groups is 2. The van der Waals surface area contributed by atoms with Crippen LogP contribution >= 0.6 is 11.6 Å². The number of halogens is 1. The lowest BCUT2D eigenvalue weighted by molar-refractivity contribution is -0.154. The first-order valence-electron chi connectivity index (χ1n) is 9.74. The van der Waals surface area contributed by atoms with Crippen molar-refractivity contribution in [3.05, 3.63) is 23.2 Å². The molecule has 6 heteroatoms. The Morgan fingerprint density at radius 2 is 1.78 bits per heavy atom. The maximum Gasteiger partial charge on any atom is 0.306 e. The molecular weight excluding hydrogens is 366 g/mol. The molecule has 0 heterocycles. The fourth-order valence-electron chi connectivity index (χ4n) is 5.95. The third-order valence-electron chi connectivity index (χ3n) is 6.48. The second-order valence-corrected chi connectivity index (χ2v) is 9.06. The van der Waals surface area contributed by atoms with Gasteiger partial charge in [0.2, 0.25) is 0 Å². The summed E-state index contributed by atoms with van der Waals surface area (Å²) in [6, 6.07) is 4.98. The Hall–Kier alpha value is -1.75. The molecule has 0 saturated heterocycles. The van der Waals surface area contributed by atoms with Gasteiger partial charge >= 0.3 is 5.97 Å². The summed E-state index contributed by atoms with van der Waals surface area (Å²) < 4.78 is 10.4. The van der Waals surface area contributed by atoms with Crippen LogP contribution in [0.25, 0.3) is 0 Å². The Kier molecular flexibility index (Phi) is 5.06. The van der Waals surface area contributed by atoms with Crippen molar-refractivity contribution in [2.24, 2.45) is 23.2 Å². The topological polar surface area (TPSA) is 64.6 Å². The molecule has 27 heavy (non-hydrogen) atoms. The van der Waals surface area contributed by atoms with Gasteiger partial charge in [-0.15, -0.1) is 0 Å². The van der Waals surface area contributed by atoms with E-state index in [0.29, 0.717) is 22.9 Å².